The molecule has 3 aromatic heterocycles. The topological polar surface area (TPSA) is 103 Å². The van der Waals surface area contributed by atoms with Gasteiger partial charge in [-0.05, 0) is 45.4 Å². The van der Waals surface area contributed by atoms with E-state index in [9.17, 15) is 9.59 Å². The van der Waals surface area contributed by atoms with Gasteiger partial charge in [-0.25, -0.2) is 4.57 Å². The van der Waals surface area contributed by atoms with Crippen molar-refractivity contribution >= 4 is 28.4 Å². The van der Waals surface area contributed by atoms with E-state index in [2.05, 4.69) is 10.3 Å². The van der Waals surface area contributed by atoms with Crippen molar-refractivity contribution in [2.75, 3.05) is 18.9 Å². The number of carbonyl (C=O) groups excluding carboxylic acids is 1. The van der Waals surface area contributed by atoms with Crippen molar-refractivity contribution in [2.24, 2.45) is 0 Å². The standard InChI is InChI=1S/C21H27N5O3/c1-5-23-20(27)15-11-16-19(25(18(15)22)9-6-10-29-13(2)3)24-17-8-7-14(4)12-26(17)21(16)28/h7-8,11-13,22H,5-6,9-10H2,1-4H3,(H,23,27)/p+1. The zero-order chi connectivity index (χ0) is 21.1. The van der Waals surface area contributed by atoms with Crippen LogP contribution < -0.4 is 21.2 Å². The lowest BCUT2D eigenvalue weighted by molar-refractivity contribution is -0.659. The highest BCUT2D eigenvalue weighted by Gasteiger charge is 2.24. The van der Waals surface area contributed by atoms with Gasteiger partial charge < -0.3 is 15.8 Å². The first-order valence-electron chi connectivity index (χ1n) is 9.88. The molecular formula is C21H28N5O3+. The molecule has 0 aliphatic carbocycles. The molecule has 0 saturated heterocycles. The second kappa shape index (κ2) is 8.57. The first kappa shape index (κ1) is 20.7. The molecule has 0 aliphatic heterocycles. The van der Waals surface area contributed by atoms with Gasteiger partial charge in [-0.2, -0.15) is 0 Å². The van der Waals surface area contributed by atoms with Gasteiger partial charge in [0.25, 0.3) is 17.1 Å². The molecule has 0 aliphatic rings. The quantitative estimate of drug-likeness (QED) is 0.357. The Morgan fingerprint density at radius 3 is 2.83 bits per heavy atom. The third kappa shape index (κ3) is 4.22. The molecule has 0 saturated carbocycles. The molecule has 0 radical (unpaired) electrons. The maximum Gasteiger partial charge on any atom is 0.278 e. The Kier molecular flexibility index (Phi) is 6.12. The largest absolute Gasteiger partial charge is 0.379 e. The van der Waals surface area contributed by atoms with E-state index in [4.69, 9.17) is 10.5 Å². The number of amides is 1. The van der Waals surface area contributed by atoms with Gasteiger partial charge in [0.05, 0.1) is 12.6 Å². The summed E-state index contributed by atoms with van der Waals surface area (Å²) in [6.45, 7) is 9.19. The molecule has 3 aromatic rings. The fraction of sp³-hybridized carbons (Fsp3) is 0.429. The number of carbonyl (C=O) groups is 1. The third-order valence-electron chi connectivity index (χ3n) is 4.66. The molecule has 8 heteroatoms. The lowest BCUT2D eigenvalue weighted by Gasteiger charge is -2.13. The lowest BCUT2D eigenvalue weighted by Crippen LogP contribution is -2.43. The van der Waals surface area contributed by atoms with Gasteiger partial charge >= 0.3 is 0 Å². The van der Waals surface area contributed by atoms with Crippen LogP contribution in [0.3, 0.4) is 0 Å². The summed E-state index contributed by atoms with van der Waals surface area (Å²) in [5.74, 6) is -0.0239. The number of anilines is 1. The van der Waals surface area contributed by atoms with Gasteiger partial charge in [-0.3, -0.25) is 14.0 Å². The number of nitrogen functional groups attached to an aromatic ring is 1. The molecule has 0 spiro atoms. The number of rotatable bonds is 7. The van der Waals surface area contributed by atoms with Crippen molar-refractivity contribution in [1.29, 1.82) is 0 Å². The van der Waals surface area contributed by atoms with Crippen LogP contribution in [0.5, 0.6) is 0 Å². The van der Waals surface area contributed by atoms with Crippen molar-refractivity contribution in [1.82, 2.24) is 14.7 Å². The van der Waals surface area contributed by atoms with E-state index in [-0.39, 0.29) is 29.0 Å². The van der Waals surface area contributed by atoms with Gasteiger partial charge in [0.1, 0.15) is 10.9 Å². The molecule has 3 heterocycles. The van der Waals surface area contributed by atoms with Crippen LogP contribution >= 0.6 is 0 Å². The summed E-state index contributed by atoms with van der Waals surface area (Å²) in [5.41, 5.74) is 8.34. The van der Waals surface area contributed by atoms with Gasteiger partial charge in [-0.1, -0.05) is 11.1 Å². The van der Waals surface area contributed by atoms with Crippen molar-refractivity contribution in [2.45, 2.75) is 46.8 Å². The summed E-state index contributed by atoms with van der Waals surface area (Å²) in [4.78, 5) is 30.4. The molecule has 3 rings (SSSR count). The number of ether oxygens (including phenoxy) is 1. The zero-order valence-corrected chi connectivity index (χ0v) is 17.4. The highest BCUT2D eigenvalue weighted by Crippen LogP contribution is 2.15. The zero-order valence-electron chi connectivity index (χ0n) is 17.4. The van der Waals surface area contributed by atoms with E-state index in [1.807, 2.05) is 33.8 Å². The fourth-order valence-electron chi connectivity index (χ4n) is 3.26. The van der Waals surface area contributed by atoms with Crippen molar-refractivity contribution in [3.8, 4) is 0 Å². The van der Waals surface area contributed by atoms with Gasteiger partial charge in [0.15, 0.2) is 0 Å². The summed E-state index contributed by atoms with van der Waals surface area (Å²) < 4.78 is 8.86. The van der Waals surface area contributed by atoms with Gasteiger partial charge in [0.2, 0.25) is 11.5 Å². The molecule has 0 aromatic carbocycles. The lowest BCUT2D eigenvalue weighted by atomic mass is 10.1. The van der Waals surface area contributed by atoms with Crippen LogP contribution in [0.2, 0.25) is 0 Å². The number of nitrogens with two attached hydrogens (primary N) is 1. The number of nitrogens with one attached hydrogen (secondary N) is 1. The Morgan fingerprint density at radius 2 is 2.14 bits per heavy atom. The predicted octanol–water partition coefficient (Wildman–Crippen LogP) is 1.59. The molecule has 0 unspecified atom stereocenters. The molecule has 0 fully saturated rings. The Bertz CT molecular complexity index is 1120. The van der Waals surface area contributed by atoms with Crippen molar-refractivity contribution in [3.05, 3.63) is 45.9 Å². The number of pyridine rings is 2. The number of hydrogen-bond acceptors (Lipinski definition) is 5. The van der Waals surface area contributed by atoms with Crippen molar-refractivity contribution < 1.29 is 14.1 Å². The Hall–Kier alpha value is -3.00. The summed E-state index contributed by atoms with van der Waals surface area (Å²) in [6, 6.07) is 5.25. The van der Waals surface area contributed by atoms with E-state index >= 15 is 0 Å². The Morgan fingerprint density at radius 1 is 1.38 bits per heavy atom. The molecule has 3 N–H and O–H groups in total. The monoisotopic (exact) mass is 398 g/mol. The van der Waals surface area contributed by atoms with Crippen LogP contribution in [-0.4, -0.2) is 34.5 Å². The molecule has 154 valence electrons. The molecule has 0 atom stereocenters. The predicted molar refractivity (Wildman–Crippen MR) is 112 cm³/mol. The van der Waals surface area contributed by atoms with Gasteiger partial charge in [0, 0.05) is 25.8 Å². The van der Waals surface area contributed by atoms with E-state index in [1.165, 1.54) is 4.40 Å². The molecular weight excluding hydrogens is 370 g/mol. The SMILES string of the molecule is CCNC(=O)c1cc2c(=O)n3cc(C)ccc3nc2[n+](CCCOC(C)C)c1N. The number of fused-ring (bicyclic) bond motifs is 2. The van der Waals surface area contributed by atoms with E-state index < -0.39 is 0 Å². The number of nitrogens with zero attached hydrogens (tertiary/aromatic N) is 3. The second-order valence-corrected chi connectivity index (χ2v) is 7.32. The van der Waals surface area contributed by atoms with Crippen LogP contribution in [0.1, 0.15) is 43.1 Å². The highest BCUT2D eigenvalue weighted by atomic mass is 16.5. The summed E-state index contributed by atoms with van der Waals surface area (Å²) >= 11 is 0. The Labute approximate surface area is 169 Å². The van der Waals surface area contributed by atoms with Crippen LogP contribution in [0.25, 0.3) is 16.7 Å². The summed E-state index contributed by atoms with van der Waals surface area (Å²) in [5, 5.41) is 3.11. The average Bonchev–Trinajstić information content (AvgIpc) is 2.67. The Balaban J connectivity index is 2.21. The molecule has 1 amide bonds. The second-order valence-electron chi connectivity index (χ2n) is 7.32. The van der Waals surface area contributed by atoms with Gasteiger partial charge in [-0.15, -0.1) is 0 Å². The first-order chi connectivity index (χ1) is 13.8. The summed E-state index contributed by atoms with van der Waals surface area (Å²) in [6.07, 6.45) is 2.55. The summed E-state index contributed by atoms with van der Waals surface area (Å²) in [7, 11) is 0. The maximum atomic E-state index is 13.2. The molecule has 29 heavy (non-hydrogen) atoms. The van der Waals surface area contributed by atoms with E-state index in [0.717, 1.165) is 5.56 Å². The smallest absolute Gasteiger partial charge is 0.278 e. The average molecular weight is 398 g/mol. The normalized spacial score (nSPS) is 11.5. The maximum absolute atomic E-state index is 13.2. The van der Waals surface area contributed by atoms with Crippen LogP contribution in [0.15, 0.2) is 29.2 Å². The minimum Gasteiger partial charge on any atom is -0.379 e. The van der Waals surface area contributed by atoms with E-state index in [0.29, 0.717) is 42.8 Å². The van der Waals surface area contributed by atoms with Crippen LogP contribution in [-0.2, 0) is 11.3 Å². The van der Waals surface area contributed by atoms with Crippen LogP contribution in [0, 0.1) is 6.92 Å². The fourth-order valence-corrected chi connectivity index (χ4v) is 3.26. The molecule has 8 nitrogen and oxygen atoms in total. The van der Waals surface area contributed by atoms with E-state index in [1.54, 1.807) is 22.9 Å². The number of aromatic nitrogens is 3. The van der Waals surface area contributed by atoms with Crippen LogP contribution in [0.4, 0.5) is 5.82 Å². The minimum absolute atomic E-state index is 0.130. The molecule has 0 bridgehead atoms. The van der Waals surface area contributed by atoms with Crippen molar-refractivity contribution in [3.63, 3.8) is 0 Å². The number of aryl methyl sites for hydroxylation is 2. The minimum atomic E-state index is -0.312. The third-order valence-corrected chi connectivity index (χ3v) is 4.66. The first-order valence-corrected chi connectivity index (χ1v) is 9.88. The number of hydrogen-bond donors (Lipinski definition) is 2. The highest BCUT2D eigenvalue weighted by molar-refractivity contribution is 6.00.